The topological polar surface area (TPSA) is 41.5 Å². The molecule has 0 saturated heterocycles. The van der Waals surface area contributed by atoms with Gasteiger partial charge in [0.05, 0.1) is 7.11 Å². The van der Waals surface area contributed by atoms with Gasteiger partial charge in [0.1, 0.15) is 4.99 Å². The predicted molar refractivity (Wildman–Crippen MR) is 91.1 cm³/mol. The van der Waals surface area contributed by atoms with Gasteiger partial charge in [-0.3, -0.25) is 0 Å². The van der Waals surface area contributed by atoms with Crippen molar-refractivity contribution in [2.45, 2.75) is 6.92 Å². The van der Waals surface area contributed by atoms with Crippen molar-refractivity contribution in [2.75, 3.05) is 12.4 Å². The third-order valence-electron chi connectivity index (χ3n) is 2.95. The zero-order chi connectivity index (χ0) is 15.2. The van der Waals surface area contributed by atoms with Gasteiger partial charge >= 0.3 is 0 Å². The monoisotopic (exact) mass is 299 g/mol. The second kappa shape index (κ2) is 6.90. The molecule has 3 nitrogen and oxygen atoms in total. The van der Waals surface area contributed by atoms with E-state index in [0.717, 1.165) is 11.3 Å². The fourth-order valence-electron chi connectivity index (χ4n) is 1.79. The van der Waals surface area contributed by atoms with E-state index in [1.165, 1.54) is 12.7 Å². The first kappa shape index (κ1) is 15.1. The highest BCUT2D eigenvalue weighted by molar-refractivity contribution is 7.81. The zero-order valence-corrected chi connectivity index (χ0v) is 12.8. The summed E-state index contributed by atoms with van der Waals surface area (Å²) in [6.07, 6.45) is 3.67. The molecule has 0 aliphatic rings. The van der Waals surface area contributed by atoms with Crippen molar-refractivity contribution in [3.05, 3.63) is 59.7 Å². The maximum absolute atomic E-state index is 9.54. The minimum atomic E-state index is 0.120. The maximum Gasteiger partial charge on any atom is 0.161 e. The Bertz CT molecular complexity index is 663. The van der Waals surface area contributed by atoms with Crippen LogP contribution in [0.25, 0.3) is 6.08 Å². The number of methoxy groups -OCH3 is 1. The van der Waals surface area contributed by atoms with E-state index in [1.54, 1.807) is 24.3 Å². The van der Waals surface area contributed by atoms with Crippen LogP contribution in [0.4, 0.5) is 5.69 Å². The van der Waals surface area contributed by atoms with E-state index in [4.69, 9.17) is 17.0 Å². The van der Waals surface area contributed by atoms with Crippen molar-refractivity contribution in [1.29, 1.82) is 0 Å². The molecule has 0 aliphatic carbocycles. The molecule has 0 radical (unpaired) electrons. The van der Waals surface area contributed by atoms with Gasteiger partial charge in [-0.05, 0) is 42.8 Å². The van der Waals surface area contributed by atoms with E-state index in [-0.39, 0.29) is 5.75 Å². The fourth-order valence-corrected chi connectivity index (χ4v) is 1.98. The number of phenols is 1. The number of hydrogen-bond acceptors (Lipinski definition) is 3. The Hall–Kier alpha value is -2.33. The first-order valence-corrected chi connectivity index (χ1v) is 6.92. The summed E-state index contributed by atoms with van der Waals surface area (Å²) in [4.78, 5) is 0.617. The standard InChI is InChI=1S/C17H17NO2S/c1-12-3-7-14(8-4-12)18-17(21)10-6-13-5-9-15(19)16(11-13)20-2/h3-11,19H,1-2H3,(H,18,21)/b10-6+. The normalized spacial score (nSPS) is 10.6. The zero-order valence-electron chi connectivity index (χ0n) is 12.0. The summed E-state index contributed by atoms with van der Waals surface area (Å²) in [5.74, 6) is 0.560. The van der Waals surface area contributed by atoms with Crippen molar-refractivity contribution in [2.24, 2.45) is 0 Å². The highest BCUT2D eigenvalue weighted by Crippen LogP contribution is 2.26. The van der Waals surface area contributed by atoms with Crippen LogP contribution in [0.5, 0.6) is 11.5 Å². The number of aryl methyl sites for hydroxylation is 1. The van der Waals surface area contributed by atoms with Crippen molar-refractivity contribution in [3.8, 4) is 11.5 Å². The highest BCUT2D eigenvalue weighted by Gasteiger charge is 2.00. The average molecular weight is 299 g/mol. The lowest BCUT2D eigenvalue weighted by atomic mass is 10.2. The van der Waals surface area contributed by atoms with Crippen LogP contribution in [0, 0.1) is 6.92 Å². The number of ether oxygens (including phenoxy) is 1. The van der Waals surface area contributed by atoms with E-state index in [0.29, 0.717) is 10.7 Å². The Morgan fingerprint density at radius 3 is 2.57 bits per heavy atom. The Morgan fingerprint density at radius 2 is 1.90 bits per heavy atom. The molecule has 0 fully saturated rings. The first-order valence-electron chi connectivity index (χ1n) is 6.51. The highest BCUT2D eigenvalue weighted by atomic mass is 32.1. The summed E-state index contributed by atoms with van der Waals surface area (Å²) in [7, 11) is 1.52. The van der Waals surface area contributed by atoms with Crippen molar-refractivity contribution < 1.29 is 9.84 Å². The number of hydrogen-bond donors (Lipinski definition) is 2. The molecule has 0 heterocycles. The van der Waals surface area contributed by atoms with Crippen LogP contribution in [0.2, 0.25) is 0 Å². The quantitative estimate of drug-likeness (QED) is 0.657. The van der Waals surface area contributed by atoms with Gasteiger partial charge in [-0.1, -0.05) is 42.1 Å². The summed E-state index contributed by atoms with van der Waals surface area (Å²) >= 11 is 5.28. The summed E-state index contributed by atoms with van der Waals surface area (Å²) in [6.45, 7) is 2.04. The summed E-state index contributed by atoms with van der Waals surface area (Å²) < 4.78 is 5.07. The third kappa shape index (κ3) is 4.33. The van der Waals surface area contributed by atoms with Crippen LogP contribution in [-0.2, 0) is 0 Å². The molecule has 0 aromatic heterocycles. The molecule has 0 unspecified atom stereocenters. The van der Waals surface area contributed by atoms with Gasteiger partial charge in [0.25, 0.3) is 0 Å². The van der Waals surface area contributed by atoms with E-state index in [1.807, 2.05) is 37.3 Å². The van der Waals surface area contributed by atoms with Crippen LogP contribution < -0.4 is 10.1 Å². The molecule has 0 aliphatic heterocycles. The molecule has 2 aromatic rings. The molecule has 2 aromatic carbocycles. The van der Waals surface area contributed by atoms with Gasteiger partial charge in [-0.2, -0.15) is 0 Å². The maximum atomic E-state index is 9.54. The van der Waals surface area contributed by atoms with E-state index < -0.39 is 0 Å². The molecular weight excluding hydrogens is 282 g/mol. The molecule has 4 heteroatoms. The Labute approximate surface area is 129 Å². The summed E-state index contributed by atoms with van der Waals surface area (Å²) in [6, 6.07) is 13.2. The lowest BCUT2D eigenvalue weighted by Gasteiger charge is -2.05. The minimum absolute atomic E-state index is 0.120. The number of aromatic hydroxyl groups is 1. The molecule has 0 saturated carbocycles. The smallest absolute Gasteiger partial charge is 0.161 e. The first-order chi connectivity index (χ1) is 10.1. The molecule has 21 heavy (non-hydrogen) atoms. The number of phenolic OH excluding ortho intramolecular Hbond substituents is 1. The summed E-state index contributed by atoms with van der Waals surface area (Å²) in [5.41, 5.74) is 3.06. The van der Waals surface area contributed by atoms with Crippen LogP contribution in [0.15, 0.2) is 48.5 Å². The van der Waals surface area contributed by atoms with Gasteiger partial charge in [-0.25, -0.2) is 0 Å². The average Bonchev–Trinajstić information content (AvgIpc) is 2.49. The number of thiocarbonyl (C=S) groups is 1. The van der Waals surface area contributed by atoms with E-state index >= 15 is 0 Å². The molecule has 0 spiro atoms. The lowest BCUT2D eigenvalue weighted by Crippen LogP contribution is -2.04. The number of nitrogens with one attached hydrogen (secondary N) is 1. The number of rotatable bonds is 4. The predicted octanol–water partition coefficient (Wildman–Crippen LogP) is 4.16. The van der Waals surface area contributed by atoms with Crippen LogP contribution in [0.3, 0.4) is 0 Å². The molecular formula is C17H17NO2S. The fraction of sp³-hybridized carbons (Fsp3) is 0.118. The SMILES string of the molecule is COc1cc(/C=C/C(=S)Nc2ccc(C)cc2)ccc1O. The van der Waals surface area contributed by atoms with Gasteiger partial charge in [-0.15, -0.1) is 0 Å². The molecule has 2 rings (SSSR count). The number of anilines is 1. The summed E-state index contributed by atoms with van der Waals surface area (Å²) in [5, 5.41) is 12.7. The van der Waals surface area contributed by atoms with Gasteiger partial charge in [0.15, 0.2) is 11.5 Å². The molecule has 2 N–H and O–H groups in total. The van der Waals surface area contributed by atoms with Gasteiger partial charge < -0.3 is 15.2 Å². The van der Waals surface area contributed by atoms with E-state index in [9.17, 15) is 5.11 Å². The van der Waals surface area contributed by atoms with Gasteiger partial charge in [0, 0.05) is 5.69 Å². The second-order valence-electron chi connectivity index (χ2n) is 4.62. The van der Waals surface area contributed by atoms with Crippen LogP contribution in [-0.4, -0.2) is 17.2 Å². The Morgan fingerprint density at radius 1 is 1.19 bits per heavy atom. The van der Waals surface area contributed by atoms with Crippen molar-refractivity contribution in [3.63, 3.8) is 0 Å². The molecule has 108 valence electrons. The molecule has 0 atom stereocenters. The van der Waals surface area contributed by atoms with Crippen LogP contribution >= 0.6 is 12.2 Å². The van der Waals surface area contributed by atoms with Gasteiger partial charge in [0.2, 0.25) is 0 Å². The van der Waals surface area contributed by atoms with E-state index in [2.05, 4.69) is 5.32 Å². The molecule has 0 bridgehead atoms. The number of benzene rings is 2. The minimum Gasteiger partial charge on any atom is -0.504 e. The Kier molecular flexibility index (Phi) is 4.95. The van der Waals surface area contributed by atoms with Crippen molar-refractivity contribution >= 4 is 29.0 Å². The second-order valence-corrected chi connectivity index (χ2v) is 5.06. The van der Waals surface area contributed by atoms with Crippen molar-refractivity contribution in [1.82, 2.24) is 0 Å². The molecule has 0 amide bonds. The van der Waals surface area contributed by atoms with Crippen LogP contribution in [0.1, 0.15) is 11.1 Å². The lowest BCUT2D eigenvalue weighted by molar-refractivity contribution is 0.373. The Balaban J connectivity index is 2.03. The third-order valence-corrected chi connectivity index (χ3v) is 3.19. The largest absolute Gasteiger partial charge is 0.504 e.